The lowest BCUT2D eigenvalue weighted by Gasteiger charge is -2.16. The van der Waals surface area contributed by atoms with Gasteiger partial charge in [-0.2, -0.15) is 5.10 Å². The van der Waals surface area contributed by atoms with Crippen molar-refractivity contribution in [1.82, 2.24) is 15.1 Å². The van der Waals surface area contributed by atoms with Crippen molar-refractivity contribution < 1.29 is 0 Å². The van der Waals surface area contributed by atoms with Crippen molar-refractivity contribution in [2.45, 2.75) is 26.3 Å². The number of aromatic nitrogens is 2. The number of thiophene rings is 1. The summed E-state index contributed by atoms with van der Waals surface area (Å²) in [5.74, 6) is 0. The lowest BCUT2D eigenvalue weighted by atomic mass is 10.1. The number of nitrogens with one attached hydrogen (secondary N) is 1. The molecule has 1 N–H and O–H groups in total. The van der Waals surface area contributed by atoms with Crippen LogP contribution in [0.15, 0.2) is 23.7 Å². The molecule has 1 unspecified atom stereocenters. The Labute approximate surface area is 106 Å². The average molecular weight is 249 g/mol. The highest BCUT2D eigenvalue weighted by molar-refractivity contribution is 7.10. The van der Waals surface area contributed by atoms with Gasteiger partial charge in [0.25, 0.3) is 0 Å². The Morgan fingerprint density at radius 1 is 1.41 bits per heavy atom. The van der Waals surface area contributed by atoms with Gasteiger partial charge in [0.05, 0.1) is 11.7 Å². The predicted octanol–water partition coefficient (Wildman–Crippen LogP) is 2.74. The zero-order valence-electron chi connectivity index (χ0n) is 10.6. The molecule has 2 rings (SSSR count). The second-order valence-electron chi connectivity index (χ2n) is 4.07. The van der Waals surface area contributed by atoms with Gasteiger partial charge in [0, 0.05) is 18.1 Å². The van der Waals surface area contributed by atoms with E-state index in [0.717, 1.165) is 18.7 Å². The monoisotopic (exact) mass is 249 g/mol. The predicted molar refractivity (Wildman–Crippen MR) is 72.4 cm³/mol. The van der Waals surface area contributed by atoms with Gasteiger partial charge in [-0.05, 0) is 36.0 Å². The lowest BCUT2D eigenvalue weighted by molar-refractivity contribution is 0.604. The first-order chi connectivity index (χ1) is 8.26. The summed E-state index contributed by atoms with van der Waals surface area (Å²) in [6.07, 6.45) is 3.08. The fraction of sp³-hybridized carbons (Fsp3) is 0.462. The number of hydrogen-bond acceptors (Lipinski definition) is 3. The van der Waals surface area contributed by atoms with Crippen molar-refractivity contribution in [2.24, 2.45) is 7.05 Å². The molecule has 2 heterocycles. The fourth-order valence-corrected chi connectivity index (χ4v) is 3.10. The first-order valence-electron chi connectivity index (χ1n) is 6.05. The highest BCUT2D eigenvalue weighted by Crippen LogP contribution is 2.29. The number of rotatable bonds is 5. The van der Waals surface area contributed by atoms with Gasteiger partial charge < -0.3 is 5.32 Å². The molecule has 0 fully saturated rings. The van der Waals surface area contributed by atoms with Gasteiger partial charge in [0.2, 0.25) is 0 Å². The zero-order valence-corrected chi connectivity index (χ0v) is 11.4. The first kappa shape index (κ1) is 12.3. The Hall–Kier alpha value is -1.13. The maximum atomic E-state index is 4.52. The molecule has 0 spiro atoms. The minimum Gasteiger partial charge on any atom is -0.305 e. The van der Waals surface area contributed by atoms with Crippen LogP contribution in [0.2, 0.25) is 0 Å². The molecule has 2 aromatic heterocycles. The topological polar surface area (TPSA) is 29.9 Å². The second kappa shape index (κ2) is 5.47. The lowest BCUT2D eigenvalue weighted by Crippen LogP contribution is -2.22. The van der Waals surface area contributed by atoms with E-state index >= 15 is 0 Å². The van der Waals surface area contributed by atoms with Gasteiger partial charge in [-0.25, -0.2) is 0 Å². The molecule has 1 atom stereocenters. The molecule has 4 heteroatoms. The van der Waals surface area contributed by atoms with Crippen LogP contribution in [0.25, 0.3) is 0 Å². The van der Waals surface area contributed by atoms with E-state index < -0.39 is 0 Å². The van der Waals surface area contributed by atoms with E-state index in [1.165, 1.54) is 10.4 Å². The molecule has 0 radical (unpaired) electrons. The summed E-state index contributed by atoms with van der Waals surface area (Å²) >= 11 is 1.81. The third kappa shape index (κ3) is 2.58. The van der Waals surface area contributed by atoms with Crippen LogP contribution in [0.1, 0.15) is 36.0 Å². The summed E-state index contributed by atoms with van der Waals surface area (Å²) < 4.78 is 1.86. The molecule has 0 aromatic carbocycles. The van der Waals surface area contributed by atoms with Crippen LogP contribution in [0.4, 0.5) is 0 Å². The van der Waals surface area contributed by atoms with E-state index in [-0.39, 0.29) is 6.04 Å². The van der Waals surface area contributed by atoms with Crippen molar-refractivity contribution >= 4 is 11.3 Å². The maximum absolute atomic E-state index is 4.52. The Morgan fingerprint density at radius 3 is 2.82 bits per heavy atom. The number of hydrogen-bond donors (Lipinski definition) is 1. The van der Waals surface area contributed by atoms with E-state index in [0.29, 0.717) is 0 Å². The molecule has 0 amide bonds. The summed E-state index contributed by atoms with van der Waals surface area (Å²) in [6.45, 7) is 5.28. The summed E-state index contributed by atoms with van der Waals surface area (Å²) in [4.78, 5) is 1.40. The number of nitrogens with zero attached hydrogens (tertiary/aromatic N) is 2. The third-order valence-electron chi connectivity index (χ3n) is 2.86. The first-order valence-corrected chi connectivity index (χ1v) is 6.93. The largest absolute Gasteiger partial charge is 0.305 e. The summed E-state index contributed by atoms with van der Waals surface area (Å²) in [6, 6.07) is 4.54. The zero-order chi connectivity index (χ0) is 12.3. The normalized spacial score (nSPS) is 12.9. The van der Waals surface area contributed by atoms with Gasteiger partial charge in [-0.1, -0.05) is 13.8 Å². The fourth-order valence-electron chi connectivity index (χ4n) is 2.02. The van der Waals surface area contributed by atoms with Crippen molar-refractivity contribution in [3.8, 4) is 0 Å². The average Bonchev–Trinajstić information content (AvgIpc) is 2.94. The van der Waals surface area contributed by atoms with Gasteiger partial charge >= 0.3 is 0 Å². The van der Waals surface area contributed by atoms with Crippen LogP contribution in [0, 0.1) is 0 Å². The van der Waals surface area contributed by atoms with E-state index in [1.54, 1.807) is 0 Å². The minimum atomic E-state index is 0.233. The van der Waals surface area contributed by atoms with Crippen molar-refractivity contribution in [3.63, 3.8) is 0 Å². The highest BCUT2D eigenvalue weighted by Gasteiger charge is 2.19. The molecule has 92 valence electrons. The summed E-state index contributed by atoms with van der Waals surface area (Å²) in [5, 5.41) is 10.2. The van der Waals surface area contributed by atoms with Gasteiger partial charge in [0.1, 0.15) is 0 Å². The molecule has 0 aliphatic heterocycles. The van der Waals surface area contributed by atoms with Gasteiger partial charge in [-0.15, -0.1) is 11.3 Å². The van der Waals surface area contributed by atoms with Crippen molar-refractivity contribution in [2.75, 3.05) is 6.54 Å². The van der Waals surface area contributed by atoms with Crippen LogP contribution in [0.3, 0.4) is 0 Å². The molecule has 3 nitrogen and oxygen atoms in total. The Kier molecular flexibility index (Phi) is 3.97. The van der Waals surface area contributed by atoms with Crippen LogP contribution < -0.4 is 5.32 Å². The molecule has 2 aromatic rings. The van der Waals surface area contributed by atoms with Crippen LogP contribution in [-0.4, -0.2) is 16.3 Å². The standard InChI is InChI=1S/C13H19N3S/c1-4-10-7-9-17-13(10)12(14-5-2)11-6-8-16(3)15-11/h6-9,12,14H,4-5H2,1-3H3. The molecule has 0 saturated heterocycles. The molecule has 0 aliphatic carbocycles. The Morgan fingerprint density at radius 2 is 2.24 bits per heavy atom. The molecule has 0 bridgehead atoms. The second-order valence-corrected chi connectivity index (χ2v) is 5.02. The summed E-state index contributed by atoms with van der Waals surface area (Å²) in [5.41, 5.74) is 2.53. The molecule has 0 aliphatic rings. The van der Waals surface area contributed by atoms with E-state index in [1.807, 2.05) is 29.3 Å². The van der Waals surface area contributed by atoms with Crippen molar-refractivity contribution in [3.05, 3.63) is 39.8 Å². The molecular weight excluding hydrogens is 230 g/mol. The third-order valence-corrected chi connectivity index (χ3v) is 3.89. The number of aryl methyl sites for hydroxylation is 2. The minimum absolute atomic E-state index is 0.233. The van der Waals surface area contributed by atoms with Crippen molar-refractivity contribution in [1.29, 1.82) is 0 Å². The highest BCUT2D eigenvalue weighted by atomic mass is 32.1. The molecule has 17 heavy (non-hydrogen) atoms. The Bertz CT molecular complexity index is 472. The molecule has 0 saturated carbocycles. The van der Waals surface area contributed by atoms with Crippen LogP contribution in [-0.2, 0) is 13.5 Å². The van der Waals surface area contributed by atoms with Crippen LogP contribution in [0.5, 0.6) is 0 Å². The Balaban J connectivity index is 2.35. The smallest absolute Gasteiger partial charge is 0.0866 e. The van der Waals surface area contributed by atoms with Gasteiger partial charge in [0.15, 0.2) is 0 Å². The van der Waals surface area contributed by atoms with E-state index in [9.17, 15) is 0 Å². The van der Waals surface area contributed by atoms with E-state index in [4.69, 9.17) is 0 Å². The SMILES string of the molecule is CCNC(c1ccn(C)n1)c1sccc1CC. The maximum Gasteiger partial charge on any atom is 0.0866 e. The van der Waals surface area contributed by atoms with Gasteiger partial charge in [-0.3, -0.25) is 4.68 Å². The molecular formula is C13H19N3S. The van der Waals surface area contributed by atoms with Crippen LogP contribution >= 0.6 is 11.3 Å². The quantitative estimate of drug-likeness (QED) is 0.883. The van der Waals surface area contributed by atoms with E-state index in [2.05, 4.69) is 41.8 Å². The summed E-state index contributed by atoms with van der Waals surface area (Å²) in [7, 11) is 1.96.